The molecule has 0 atom stereocenters. The molecule has 0 aliphatic carbocycles. The van der Waals surface area contributed by atoms with Crippen LogP contribution in [0.4, 0.5) is 0 Å². The molecule has 0 radical (unpaired) electrons. The summed E-state index contributed by atoms with van der Waals surface area (Å²) >= 11 is 0. The summed E-state index contributed by atoms with van der Waals surface area (Å²) < 4.78 is 33.6. The zero-order valence-electron chi connectivity index (χ0n) is 20.0. The van der Waals surface area contributed by atoms with Crippen LogP contribution in [0.15, 0.2) is 45.6 Å². The summed E-state index contributed by atoms with van der Waals surface area (Å²) in [6.07, 6.45) is 0. The summed E-state index contributed by atoms with van der Waals surface area (Å²) in [4.78, 5) is 13.9. The Kier molecular flexibility index (Phi) is 5.53. The molecule has 180 valence electrons. The number of hydrogen-bond acceptors (Lipinski definition) is 8. The first kappa shape index (κ1) is 22.6. The molecular weight excluding hydrogens is 452 g/mol. The predicted molar refractivity (Wildman–Crippen MR) is 134 cm³/mol. The van der Waals surface area contributed by atoms with E-state index in [-0.39, 0.29) is 28.8 Å². The van der Waals surface area contributed by atoms with Crippen molar-refractivity contribution in [1.29, 1.82) is 0 Å². The normalized spacial score (nSPS) is 11.5. The molecule has 35 heavy (non-hydrogen) atoms. The van der Waals surface area contributed by atoms with Crippen molar-refractivity contribution in [3.8, 4) is 28.7 Å². The van der Waals surface area contributed by atoms with Crippen molar-refractivity contribution in [3.63, 3.8) is 0 Å². The molecule has 0 saturated heterocycles. The molecule has 0 unspecified atom stereocenters. The zero-order chi connectivity index (χ0) is 24.9. The van der Waals surface area contributed by atoms with Gasteiger partial charge < -0.3 is 33.2 Å². The topological polar surface area (TPSA) is 96.6 Å². The summed E-state index contributed by atoms with van der Waals surface area (Å²) in [7, 11) is 7.69. The maximum absolute atomic E-state index is 13.9. The Bertz CT molecular complexity index is 1680. The van der Waals surface area contributed by atoms with Crippen molar-refractivity contribution < 1.29 is 33.2 Å². The fourth-order valence-electron chi connectivity index (χ4n) is 4.64. The lowest BCUT2D eigenvalue weighted by Gasteiger charge is -2.15. The van der Waals surface area contributed by atoms with Gasteiger partial charge in [-0.15, -0.1) is 0 Å². The molecular formula is C27H24O8. The van der Waals surface area contributed by atoms with E-state index in [9.17, 15) is 9.90 Å². The van der Waals surface area contributed by atoms with Crippen LogP contribution in [0.25, 0.3) is 43.5 Å². The molecule has 0 aliphatic rings. The molecule has 1 N–H and O–H groups in total. The largest absolute Gasteiger partial charge is 0.506 e. The molecule has 1 heterocycles. The van der Waals surface area contributed by atoms with Crippen molar-refractivity contribution in [2.75, 3.05) is 35.5 Å². The number of phenols is 1. The van der Waals surface area contributed by atoms with Crippen LogP contribution >= 0.6 is 0 Å². The predicted octanol–water partition coefficient (Wildman–Crippen LogP) is 5.14. The molecule has 5 rings (SSSR count). The zero-order valence-corrected chi connectivity index (χ0v) is 20.0. The monoisotopic (exact) mass is 476 g/mol. The van der Waals surface area contributed by atoms with Gasteiger partial charge in [0.15, 0.2) is 5.58 Å². The number of fused-ring (bicyclic) bond motifs is 5. The fourth-order valence-corrected chi connectivity index (χ4v) is 4.64. The lowest BCUT2D eigenvalue weighted by Crippen LogP contribution is -2.07. The maximum Gasteiger partial charge on any atom is 0.204 e. The van der Waals surface area contributed by atoms with Gasteiger partial charge in [-0.3, -0.25) is 4.79 Å². The second-order valence-electron chi connectivity index (χ2n) is 8.06. The van der Waals surface area contributed by atoms with E-state index in [2.05, 4.69) is 0 Å². The maximum atomic E-state index is 13.9. The minimum Gasteiger partial charge on any atom is -0.506 e. The third kappa shape index (κ3) is 3.37. The molecule has 1 aromatic heterocycles. The quantitative estimate of drug-likeness (QED) is 0.266. The van der Waals surface area contributed by atoms with Crippen molar-refractivity contribution in [1.82, 2.24) is 0 Å². The van der Waals surface area contributed by atoms with Gasteiger partial charge in [0.1, 0.15) is 39.7 Å². The van der Waals surface area contributed by atoms with Gasteiger partial charge in [0.05, 0.1) is 51.2 Å². The van der Waals surface area contributed by atoms with Crippen LogP contribution in [0.1, 0.15) is 5.56 Å². The number of ether oxygens (including phenoxy) is 5. The summed E-state index contributed by atoms with van der Waals surface area (Å²) in [5, 5.41) is 14.0. The van der Waals surface area contributed by atoms with Crippen LogP contribution < -0.4 is 24.4 Å². The van der Waals surface area contributed by atoms with Crippen LogP contribution in [-0.4, -0.2) is 40.7 Å². The second kappa shape index (κ2) is 8.56. The van der Waals surface area contributed by atoms with Gasteiger partial charge in [0.2, 0.25) is 5.43 Å². The first-order valence-electron chi connectivity index (χ1n) is 10.8. The molecule has 4 aromatic carbocycles. The van der Waals surface area contributed by atoms with Gasteiger partial charge >= 0.3 is 0 Å². The lowest BCUT2D eigenvalue weighted by molar-refractivity contribution is 0.186. The van der Waals surface area contributed by atoms with Crippen LogP contribution in [0.3, 0.4) is 0 Å². The number of phenolic OH excluding ortho intramolecular Hbond substituents is 1. The van der Waals surface area contributed by atoms with E-state index >= 15 is 0 Å². The van der Waals surface area contributed by atoms with E-state index in [1.807, 2.05) is 12.1 Å². The van der Waals surface area contributed by atoms with Crippen molar-refractivity contribution in [2.45, 2.75) is 6.61 Å². The Morgan fingerprint density at radius 2 is 1.31 bits per heavy atom. The molecule has 0 amide bonds. The molecule has 8 nitrogen and oxygen atoms in total. The number of hydrogen-bond donors (Lipinski definition) is 1. The highest BCUT2D eigenvalue weighted by Crippen LogP contribution is 2.43. The summed E-state index contributed by atoms with van der Waals surface area (Å²) in [6.45, 7) is 0.164. The van der Waals surface area contributed by atoms with Crippen LogP contribution in [0, 0.1) is 0 Å². The first-order chi connectivity index (χ1) is 16.9. The highest BCUT2D eigenvalue weighted by atomic mass is 16.5. The van der Waals surface area contributed by atoms with E-state index in [0.717, 1.165) is 5.39 Å². The standard InChI is InChI=1S/C27H24O8/c1-30-12-15-6-13-7-16(31-2)11-19(34-5)22(13)27-23(15)26(29)24-20(35-27)9-14-8-17(32-3)10-18(33-4)21(14)25(24)28/h6-11,28H,12H2,1-5H3. The molecule has 8 heteroatoms. The van der Waals surface area contributed by atoms with Gasteiger partial charge in [0.25, 0.3) is 0 Å². The van der Waals surface area contributed by atoms with E-state index in [1.165, 1.54) is 7.11 Å². The minimum atomic E-state index is -0.384. The number of methoxy groups -OCH3 is 5. The second-order valence-corrected chi connectivity index (χ2v) is 8.06. The third-order valence-corrected chi connectivity index (χ3v) is 6.20. The Morgan fingerprint density at radius 1 is 0.714 bits per heavy atom. The molecule has 0 saturated carbocycles. The van der Waals surface area contributed by atoms with Crippen molar-refractivity contribution >= 4 is 43.5 Å². The van der Waals surface area contributed by atoms with Gasteiger partial charge in [0, 0.05) is 19.2 Å². The Balaban J connectivity index is 2.03. The molecule has 0 aliphatic heterocycles. The Hall–Kier alpha value is -4.17. The van der Waals surface area contributed by atoms with Crippen molar-refractivity contribution in [2.24, 2.45) is 0 Å². The lowest BCUT2D eigenvalue weighted by atomic mass is 9.97. The number of aromatic hydroxyl groups is 1. The first-order valence-corrected chi connectivity index (χ1v) is 10.8. The van der Waals surface area contributed by atoms with Gasteiger partial charge in [-0.2, -0.15) is 0 Å². The number of rotatable bonds is 6. The highest BCUT2D eigenvalue weighted by Gasteiger charge is 2.23. The van der Waals surface area contributed by atoms with Crippen LogP contribution in [0.5, 0.6) is 28.7 Å². The SMILES string of the molecule is COCc1cc2cc(OC)cc(OC)c2c2oc3cc4cc(OC)cc(OC)c4c(O)c3c(=O)c12. The summed E-state index contributed by atoms with van der Waals surface area (Å²) in [5.41, 5.74) is 0.782. The highest BCUT2D eigenvalue weighted by molar-refractivity contribution is 6.14. The smallest absolute Gasteiger partial charge is 0.204 e. The third-order valence-electron chi connectivity index (χ3n) is 6.20. The molecule has 5 aromatic rings. The Labute approximate surface area is 200 Å². The molecule has 0 fully saturated rings. The van der Waals surface area contributed by atoms with E-state index in [0.29, 0.717) is 55.7 Å². The van der Waals surface area contributed by atoms with E-state index in [1.54, 1.807) is 52.7 Å². The average Bonchev–Trinajstić information content (AvgIpc) is 2.86. The summed E-state index contributed by atoms with van der Waals surface area (Å²) in [5.74, 6) is 1.78. The van der Waals surface area contributed by atoms with Crippen LogP contribution in [0.2, 0.25) is 0 Å². The summed E-state index contributed by atoms with van der Waals surface area (Å²) in [6, 6.07) is 10.5. The van der Waals surface area contributed by atoms with Gasteiger partial charge in [-0.05, 0) is 40.6 Å². The molecule has 0 spiro atoms. The van der Waals surface area contributed by atoms with Gasteiger partial charge in [-0.1, -0.05) is 0 Å². The Morgan fingerprint density at radius 3 is 1.89 bits per heavy atom. The minimum absolute atomic E-state index is 0.0534. The molecule has 0 bridgehead atoms. The van der Waals surface area contributed by atoms with Gasteiger partial charge in [-0.25, -0.2) is 0 Å². The van der Waals surface area contributed by atoms with Crippen molar-refractivity contribution in [3.05, 3.63) is 52.2 Å². The average molecular weight is 476 g/mol. The number of benzene rings is 4. The fraction of sp³-hybridized carbons (Fsp3) is 0.222. The van der Waals surface area contributed by atoms with E-state index in [4.69, 9.17) is 28.1 Å². The van der Waals surface area contributed by atoms with E-state index < -0.39 is 0 Å². The van der Waals surface area contributed by atoms with Crippen LogP contribution in [-0.2, 0) is 11.3 Å².